The van der Waals surface area contributed by atoms with Crippen molar-refractivity contribution in [2.24, 2.45) is 5.92 Å². The minimum absolute atomic E-state index is 0.0298. The fourth-order valence-electron chi connectivity index (χ4n) is 2.90. The molecule has 0 radical (unpaired) electrons. The number of hydrogen-bond acceptors (Lipinski definition) is 3. The molecule has 1 saturated carbocycles. The largest absolute Gasteiger partial charge is 0.381 e. The van der Waals surface area contributed by atoms with Gasteiger partial charge in [0.05, 0.1) is 6.42 Å². The van der Waals surface area contributed by atoms with Crippen molar-refractivity contribution < 1.29 is 14.3 Å². The normalized spacial score (nSPS) is 17.3. The third kappa shape index (κ3) is 5.06. The van der Waals surface area contributed by atoms with Gasteiger partial charge in [0.1, 0.15) is 0 Å². The Kier molecular flexibility index (Phi) is 5.86. The Labute approximate surface area is 143 Å². The van der Waals surface area contributed by atoms with E-state index in [-0.39, 0.29) is 11.8 Å². The molecule has 2 amide bonds. The number of benzene rings is 1. The van der Waals surface area contributed by atoms with E-state index < -0.39 is 0 Å². The van der Waals surface area contributed by atoms with E-state index in [1.54, 1.807) is 0 Å². The molecule has 0 unspecified atom stereocenters. The molecule has 0 bridgehead atoms. The van der Waals surface area contributed by atoms with E-state index in [1.807, 2.05) is 29.2 Å². The van der Waals surface area contributed by atoms with Gasteiger partial charge in [0.2, 0.25) is 11.8 Å². The number of nitrogens with one attached hydrogen (secondary N) is 1. The van der Waals surface area contributed by atoms with E-state index in [4.69, 9.17) is 4.74 Å². The highest BCUT2D eigenvalue weighted by molar-refractivity contribution is 5.95. The van der Waals surface area contributed by atoms with E-state index in [0.29, 0.717) is 19.4 Å². The number of carbonyl (C=O) groups is 2. The summed E-state index contributed by atoms with van der Waals surface area (Å²) in [5.41, 5.74) is 1.89. The first-order valence-electron chi connectivity index (χ1n) is 8.96. The summed E-state index contributed by atoms with van der Waals surface area (Å²) in [6.07, 6.45) is 5.40. The van der Waals surface area contributed by atoms with Gasteiger partial charge in [-0.25, -0.2) is 0 Å². The summed E-state index contributed by atoms with van der Waals surface area (Å²) in [4.78, 5) is 25.5. The van der Waals surface area contributed by atoms with E-state index in [9.17, 15) is 9.59 Å². The number of nitrogens with zero attached hydrogens (tertiary/aromatic N) is 1. The molecule has 2 fully saturated rings. The van der Waals surface area contributed by atoms with Crippen molar-refractivity contribution in [3.63, 3.8) is 0 Å². The van der Waals surface area contributed by atoms with Gasteiger partial charge in [0.25, 0.3) is 0 Å². The number of hydrogen-bond donors (Lipinski definition) is 1. The number of amides is 2. The molecular formula is C19H26N2O3. The molecule has 2 aliphatic rings. The average Bonchev–Trinajstić information content (AvgIpc) is 3.31. The van der Waals surface area contributed by atoms with Crippen LogP contribution in [0.15, 0.2) is 24.3 Å². The van der Waals surface area contributed by atoms with Crippen LogP contribution in [0.25, 0.3) is 0 Å². The zero-order valence-corrected chi connectivity index (χ0v) is 14.1. The minimum Gasteiger partial charge on any atom is -0.381 e. The Morgan fingerprint density at radius 1 is 1.25 bits per heavy atom. The maximum Gasteiger partial charge on any atom is 0.227 e. The molecule has 1 N–H and O–H groups in total. The van der Waals surface area contributed by atoms with Crippen molar-refractivity contribution in [1.29, 1.82) is 0 Å². The summed E-state index contributed by atoms with van der Waals surface area (Å²) in [5, 5.41) is 2.93. The molecule has 5 heteroatoms. The molecule has 1 aliphatic heterocycles. The zero-order chi connectivity index (χ0) is 16.8. The summed E-state index contributed by atoms with van der Waals surface area (Å²) >= 11 is 0. The Hall–Kier alpha value is -1.88. The minimum atomic E-state index is 0.0298. The predicted molar refractivity (Wildman–Crippen MR) is 92.9 cm³/mol. The van der Waals surface area contributed by atoms with Gasteiger partial charge in [0.15, 0.2) is 0 Å². The van der Waals surface area contributed by atoms with Gasteiger partial charge in [0, 0.05) is 38.4 Å². The van der Waals surface area contributed by atoms with Gasteiger partial charge in [-0.1, -0.05) is 12.1 Å². The van der Waals surface area contributed by atoms with Crippen LogP contribution in [-0.4, -0.2) is 38.1 Å². The molecule has 1 aromatic carbocycles. The first-order chi connectivity index (χ1) is 11.7. The highest BCUT2D eigenvalue weighted by Crippen LogP contribution is 2.28. The molecule has 24 heavy (non-hydrogen) atoms. The molecule has 3 rings (SSSR count). The number of rotatable bonds is 9. The molecule has 0 aromatic heterocycles. The fraction of sp³-hybridized carbons (Fsp3) is 0.579. The van der Waals surface area contributed by atoms with Crippen LogP contribution in [0.5, 0.6) is 0 Å². The highest BCUT2D eigenvalue weighted by Gasteiger charge is 2.21. The van der Waals surface area contributed by atoms with E-state index in [1.165, 1.54) is 12.8 Å². The second kappa shape index (κ2) is 8.29. The summed E-state index contributed by atoms with van der Waals surface area (Å²) < 4.78 is 5.54. The lowest BCUT2D eigenvalue weighted by Crippen LogP contribution is -2.27. The molecule has 1 aliphatic carbocycles. The molecule has 0 atom stereocenters. The second-order valence-corrected chi connectivity index (χ2v) is 6.71. The van der Waals surface area contributed by atoms with E-state index in [0.717, 1.165) is 49.8 Å². The molecule has 0 spiro atoms. The summed E-state index contributed by atoms with van der Waals surface area (Å²) in [6, 6.07) is 7.72. The van der Waals surface area contributed by atoms with Gasteiger partial charge in [-0.2, -0.15) is 0 Å². The predicted octanol–water partition coefficient (Wildman–Crippen LogP) is 2.29. The maximum absolute atomic E-state index is 11.9. The summed E-state index contributed by atoms with van der Waals surface area (Å²) in [7, 11) is 0. The quantitative estimate of drug-likeness (QED) is 0.707. The third-order valence-corrected chi connectivity index (χ3v) is 4.52. The highest BCUT2D eigenvalue weighted by atomic mass is 16.5. The van der Waals surface area contributed by atoms with Crippen LogP contribution in [0, 0.1) is 5.92 Å². The van der Waals surface area contributed by atoms with Crippen LogP contribution in [0.4, 0.5) is 5.69 Å². The number of ether oxygens (including phenoxy) is 1. The smallest absolute Gasteiger partial charge is 0.227 e. The first-order valence-corrected chi connectivity index (χ1v) is 8.96. The van der Waals surface area contributed by atoms with Crippen molar-refractivity contribution in [3.05, 3.63) is 29.8 Å². The Morgan fingerprint density at radius 2 is 2.04 bits per heavy atom. The Bertz CT molecular complexity index is 566. The molecular weight excluding hydrogens is 304 g/mol. The van der Waals surface area contributed by atoms with Crippen molar-refractivity contribution in [3.8, 4) is 0 Å². The monoisotopic (exact) mass is 330 g/mol. The molecule has 1 aromatic rings. The van der Waals surface area contributed by atoms with Crippen LogP contribution in [0.3, 0.4) is 0 Å². The molecule has 1 heterocycles. The molecule has 130 valence electrons. The third-order valence-electron chi connectivity index (χ3n) is 4.52. The number of anilines is 1. The average molecular weight is 330 g/mol. The lowest BCUT2D eigenvalue weighted by molar-refractivity contribution is -0.120. The topological polar surface area (TPSA) is 58.6 Å². The lowest BCUT2D eigenvalue weighted by Gasteiger charge is -2.15. The van der Waals surface area contributed by atoms with Gasteiger partial charge in [-0.05, 0) is 49.3 Å². The van der Waals surface area contributed by atoms with Gasteiger partial charge >= 0.3 is 0 Å². The van der Waals surface area contributed by atoms with E-state index >= 15 is 0 Å². The van der Waals surface area contributed by atoms with Crippen LogP contribution < -0.4 is 10.2 Å². The van der Waals surface area contributed by atoms with Gasteiger partial charge in [-0.3, -0.25) is 9.59 Å². The molecule has 1 saturated heterocycles. The zero-order valence-electron chi connectivity index (χ0n) is 14.1. The summed E-state index contributed by atoms with van der Waals surface area (Å²) in [6.45, 7) is 3.04. The van der Waals surface area contributed by atoms with Crippen LogP contribution >= 0.6 is 0 Å². The maximum atomic E-state index is 11.9. The lowest BCUT2D eigenvalue weighted by atomic mass is 10.1. The van der Waals surface area contributed by atoms with Crippen LogP contribution in [0.2, 0.25) is 0 Å². The van der Waals surface area contributed by atoms with Crippen molar-refractivity contribution >= 4 is 17.5 Å². The summed E-state index contributed by atoms with van der Waals surface area (Å²) in [5.74, 6) is 1.00. The van der Waals surface area contributed by atoms with Gasteiger partial charge in [-0.15, -0.1) is 0 Å². The van der Waals surface area contributed by atoms with Crippen molar-refractivity contribution in [1.82, 2.24) is 5.32 Å². The van der Waals surface area contributed by atoms with Crippen molar-refractivity contribution in [2.75, 3.05) is 31.2 Å². The van der Waals surface area contributed by atoms with Crippen LogP contribution in [0.1, 0.15) is 37.7 Å². The Morgan fingerprint density at radius 3 is 2.71 bits per heavy atom. The number of carbonyl (C=O) groups excluding carboxylic acids is 2. The Balaban J connectivity index is 1.34. The second-order valence-electron chi connectivity index (χ2n) is 6.71. The molecule has 5 nitrogen and oxygen atoms in total. The van der Waals surface area contributed by atoms with Crippen LogP contribution in [-0.2, 0) is 20.7 Å². The van der Waals surface area contributed by atoms with E-state index in [2.05, 4.69) is 5.32 Å². The van der Waals surface area contributed by atoms with Crippen molar-refractivity contribution in [2.45, 2.75) is 38.5 Å². The van der Waals surface area contributed by atoms with Gasteiger partial charge < -0.3 is 15.0 Å². The first kappa shape index (κ1) is 17.0. The fourth-order valence-corrected chi connectivity index (χ4v) is 2.90. The SMILES string of the molecule is O=C(Cc1ccc(N2CCCC2=O)cc1)NCCCOCC1CC1. The standard InChI is InChI=1S/C19H26N2O3/c22-18(20-10-2-12-24-14-16-4-5-16)13-15-6-8-17(9-7-15)21-11-1-3-19(21)23/h6-9,16H,1-5,10-14H2,(H,20,22).